The van der Waals surface area contributed by atoms with Crippen LogP contribution < -0.4 is 5.32 Å². The van der Waals surface area contributed by atoms with E-state index in [2.05, 4.69) is 41.0 Å². The molecule has 3 aromatic heterocycles. The molecule has 0 aliphatic carbocycles. The van der Waals surface area contributed by atoms with Gasteiger partial charge < -0.3 is 4.57 Å². The number of para-hydroxylation sites is 2. The van der Waals surface area contributed by atoms with Gasteiger partial charge in [-0.25, -0.2) is 9.97 Å². The number of aromatic nitrogens is 4. The van der Waals surface area contributed by atoms with Crippen molar-refractivity contribution in [2.24, 2.45) is 0 Å². The molecule has 0 spiro atoms. The third-order valence-corrected chi connectivity index (χ3v) is 5.84. The van der Waals surface area contributed by atoms with Gasteiger partial charge in [0.1, 0.15) is 5.69 Å². The van der Waals surface area contributed by atoms with Gasteiger partial charge >= 0.3 is 0 Å². The van der Waals surface area contributed by atoms with Crippen LogP contribution in [-0.2, 0) is 18.4 Å². The van der Waals surface area contributed by atoms with Crippen LogP contribution in [0.4, 0.5) is 5.95 Å². The number of nitrogens with zero attached hydrogens (tertiary/aromatic N) is 4. The van der Waals surface area contributed by atoms with E-state index in [0.29, 0.717) is 18.2 Å². The minimum absolute atomic E-state index is 0.0843. The fourth-order valence-corrected chi connectivity index (χ4v) is 3.95. The smallest absolute Gasteiger partial charge is 0.277 e. The zero-order valence-corrected chi connectivity index (χ0v) is 17.5. The monoisotopic (exact) mass is 405 g/mol. The number of carbonyl (C=O) groups is 1. The summed E-state index contributed by atoms with van der Waals surface area (Å²) >= 11 is 1.50. The Morgan fingerprint density at radius 1 is 1.10 bits per heavy atom. The van der Waals surface area contributed by atoms with Crippen molar-refractivity contribution in [1.29, 1.82) is 0 Å². The molecule has 0 radical (unpaired) electrons. The van der Waals surface area contributed by atoms with Gasteiger partial charge in [-0.1, -0.05) is 39.0 Å². The van der Waals surface area contributed by atoms with Crippen molar-refractivity contribution in [3.05, 3.63) is 70.4 Å². The summed E-state index contributed by atoms with van der Waals surface area (Å²) in [5, 5.41) is 5.69. The van der Waals surface area contributed by atoms with Gasteiger partial charge in [0, 0.05) is 35.7 Å². The topological polar surface area (TPSA) is 72.7 Å². The van der Waals surface area contributed by atoms with Crippen molar-refractivity contribution in [3.8, 4) is 0 Å². The fraction of sp³-hybridized carbons (Fsp3) is 0.273. The second-order valence-electron chi connectivity index (χ2n) is 7.89. The van der Waals surface area contributed by atoms with Gasteiger partial charge in [0.2, 0.25) is 5.95 Å². The molecule has 0 unspecified atom stereocenters. The number of imidazole rings is 1. The molecule has 4 rings (SSSR count). The molecule has 7 heteroatoms. The van der Waals surface area contributed by atoms with Crippen LogP contribution in [0.2, 0.25) is 0 Å². The molecule has 0 saturated heterocycles. The normalized spacial score (nSPS) is 11.7. The number of benzene rings is 1. The Kier molecular flexibility index (Phi) is 5.15. The fourth-order valence-electron chi connectivity index (χ4n) is 3.06. The molecule has 0 atom stereocenters. The molecule has 0 bridgehead atoms. The standard InChI is InChI=1S/C22H23N5OS/c1-22(2,3)20-24-17(14-29-20)19(28)26-21-25-16-9-4-5-10-18(16)27(21)13-11-15-8-6-7-12-23-15/h4-10,12,14H,11,13H2,1-3H3,(H,25,26,28). The van der Waals surface area contributed by atoms with E-state index >= 15 is 0 Å². The third kappa shape index (κ3) is 4.19. The second-order valence-corrected chi connectivity index (χ2v) is 8.75. The Balaban J connectivity index is 1.61. The number of amides is 1. The van der Waals surface area contributed by atoms with Crippen LogP contribution in [0.25, 0.3) is 11.0 Å². The minimum Gasteiger partial charge on any atom is -0.310 e. The predicted octanol–water partition coefficient (Wildman–Crippen LogP) is 4.68. The number of carbonyl (C=O) groups excluding carboxylic acids is 1. The van der Waals surface area contributed by atoms with E-state index in [1.807, 2.05) is 47.0 Å². The first kappa shape index (κ1) is 19.3. The number of fused-ring (bicyclic) bond motifs is 1. The van der Waals surface area contributed by atoms with Crippen molar-refractivity contribution >= 4 is 34.2 Å². The Hall–Kier alpha value is -3.06. The SMILES string of the molecule is CC(C)(C)c1nc(C(=O)Nc2nc3ccccc3n2CCc2ccccn2)cs1. The molecule has 148 valence electrons. The lowest BCUT2D eigenvalue weighted by atomic mass is 9.98. The van der Waals surface area contributed by atoms with E-state index in [0.717, 1.165) is 28.2 Å². The number of nitrogens with one attached hydrogen (secondary N) is 1. The Morgan fingerprint density at radius 2 is 1.90 bits per heavy atom. The lowest BCUT2D eigenvalue weighted by Gasteiger charge is -2.13. The summed E-state index contributed by atoms with van der Waals surface area (Å²) in [7, 11) is 0. The van der Waals surface area contributed by atoms with E-state index < -0.39 is 0 Å². The predicted molar refractivity (Wildman–Crippen MR) is 116 cm³/mol. The van der Waals surface area contributed by atoms with Crippen LogP contribution in [0, 0.1) is 0 Å². The average molecular weight is 406 g/mol. The van der Waals surface area contributed by atoms with Gasteiger partial charge in [0.05, 0.1) is 16.0 Å². The van der Waals surface area contributed by atoms with E-state index in [9.17, 15) is 4.79 Å². The molecular formula is C22H23N5OS. The summed E-state index contributed by atoms with van der Waals surface area (Å²) < 4.78 is 2.03. The zero-order valence-electron chi connectivity index (χ0n) is 16.7. The van der Waals surface area contributed by atoms with Crippen molar-refractivity contribution < 1.29 is 4.79 Å². The first-order chi connectivity index (χ1) is 13.9. The van der Waals surface area contributed by atoms with Gasteiger partial charge in [0.15, 0.2) is 0 Å². The lowest BCUT2D eigenvalue weighted by molar-refractivity contribution is 0.102. The van der Waals surface area contributed by atoms with E-state index in [1.54, 1.807) is 11.6 Å². The van der Waals surface area contributed by atoms with Gasteiger partial charge in [0.25, 0.3) is 5.91 Å². The number of hydrogen-bond donors (Lipinski definition) is 1. The molecule has 3 heterocycles. The largest absolute Gasteiger partial charge is 0.310 e. The van der Waals surface area contributed by atoms with Crippen LogP contribution >= 0.6 is 11.3 Å². The van der Waals surface area contributed by atoms with Crippen molar-refractivity contribution in [2.45, 2.75) is 39.2 Å². The summed E-state index contributed by atoms with van der Waals surface area (Å²) in [6, 6.07) is 13.8. The summed E-state index contributed by atoms with van der Waals surface area (Å²) in [5.74, 6) is 0.281. The van der Waals surface area contributed by atoms with Crippen LogP contribution in [0.15, 0.2) is 54.0 Å². The first-order valence-corrected chi connectivity index (χ1v) is 10.4. The second kappa shape index (κ2) is 7.75. The maximum atomic E-state index is 12.8. The number of anilines is 1. The van der Waals surface area contributed by atoms with E-state index in [1.165, 1.54) is 11.3 Å². The van der Waals surface area contributed by atoms with Gasteiger partial charge in [-0.15, -0.1) is 11.3 Å². The van der Waals surface area contributed by atoms with Gasteiger partial charge in [-0.3, -0.25) is 15.1 Å². The summed E-state index contributed by atoms with van der Waals surface area (Å²) in [4.78, 5) is 26.4. The summed E-state index contributed by atoms with van der Waals surface area (Å²) in [6.07, 6.45) is 2.54. The summed E-state index contributed by atoms with van der Waals surface area (Å²) in [6.45, 7) is 6.93. The molecule has 6 nitrogen and oxygen atoms in total. The van der Waals surface area contributed by atoms with Crippen LogP contribution in [-0.4, -0.2) is 25.4 Å². The van der Waals surface area contributed by atoms with Crippen LogP contribution in [0.3, 0.4) is 0 Å². The molecule has 1 amide bonds. The molecule has 4 aromatic rings. The maximum absolute atomic E-state index is 12.8. The van der Waals surface area contributed by atoms with Crippen LogP contribution in [0.1, 0.15) is 42.0 Å². The maximum Gasteiger partial charge on any atom is 0.277 e. The quantitative estimate of drug-likeness (QED) is 0.523. The number of rotatable bonds is 5. The number of hydrogen-bond acceptors (Lipinski definition) is 5. The summed E-state index contributed by atoms with van der Waals surface area (Å²) in [5.41, 5.74) is 3.16. The molecule has 1 N–H and O–H groups in total. The third-order valence-electron chi connectivity index (χ3n) is 4.58. The minimum atomic E-state index is -0.244. The molecule has 0 aliphatic rings. The van der Waals surface area contributed by atoms with Crippen molar-refractivity contribution in [2.75, 3.05) is 5.32 Å². The number of aryl methyl sites for hydroxylation is 2. The highest BCUT2D eigenvalue weighted by Crippen LogP contribution is 2.26. The van der Waals surface area contributed by atoms with E-state index in [-0.39, 0.29) is 11.3 Å². The van der Waals surface area contributed by atoms with Gasteiger partial charge in [-0.05, 0) is 24.3 Å². The highest BCUT2D eigenvalue weighted by atomic mass is 32.1. The molecule has 29 heavy (non-hydrogen) atoms. The molecule has 0 aliphatic heterocycles. The highest BCUT2D eigenvalue weighted by molar-refractivity contribution is 7.10. The van der Waals surface area contributed by atoms with Crippen LogP contribution in [0.5, 0.6) is 0 Å². The Bertz CT molecular complexity index is 1140. The van der Waals surface area contributed by atoms with Crippen molar-refractivity contribution in [3.63, 3.8) is 0 Å². The average Bonchev–Trinajstić information content (AvgIpc) is 3.32. The number of thiazole rings is 1. The zero-order chi connectivity index (χ0) is 20.4. The molecule has 0 fully saturated rings. The molecule has 0 saturated carbocycles. The van der Waals surface area contributed by atoms with Crippen molar-refractivity contribution in [1.82, 2.24) is 19.5 Å². The lowest BCUT2D eigenvalue weighted by Crippen LogP contribution is -2.18. The molecular weight excluding hydrogens is 382 g/mol. The van der Waals surface area contributed by atoms with E-state index in [4.69, 9.17) is 0 Å². The number of pyridine rings is 1. The first-order valence-electron chi connectivity index (χ1n) is 9.54. The molecule has 1 aromatic carbocycles. The Morgan fingerprint density at radius 3 is 2.62 bits per heavy atom. The van der Waals surface area contributed by atoms with Gasteiger partial charge in [-0.2, -0.15) is 0 Å². The Labute approximate surface area is 173 Å². The highest BCUT2D eigenvalue weighted by Gasteiger charge is 2.21.